The molecule has 1 aliphatic carbocycles. The zero-order valence-electron chi connectivity index (χ0n) is 14.2. The number of aryl methyl sites for hydroxylation is 2. The molecule has 2 aromatic heterocycles. The second-order valence-electron chi connectivity index (χ2n) is 6.45. The zero-order valence-corrected chi connectivity index (χ0v) is 15.9. The Balaban J connectivity index is 1.65. The van der Waals surface area contributed by atoms with E-state index in [1.54, 1.807) is 0 Å². The molecule has 0 atom stereocenters. The molecule has 7 heteroatoms. The molecule has 134 valence electrons. The van der Waals surface area contributed by atoms with Crippen LogP contribution in [0, 0.1) is 0 Å². The first-order valence-corrected chi connectivity index (χ1v) is 10.3. The van der Waals surface area contributed by atoms with Gasteiger partial charge in [0.15, 0.2) is 0 Å². The predicted molar refractivity (Wildman–Crippen MR) is 110 cm³/mol. The van der Waals surface area contributed by atoms with Crippen molar-refractivity contribution in [3.05, 3.63) is 46.5 Å². The van der Waals surface area contributed by atoms with Gasteiger partial charge < -0.3 is 11.1 Å². The lowest BCUT2D eigenvalue weighted by atomic mass is 10.1. The van der Waals surface area contributed by atoms with Gasteiger partial charge in [-0.15, -0.1) is 11.3 Å². The summed E-state index contributed by atoms with van der Waals surface area (Å²) in [5.41, 5.74) is 9.99. The van der Waals surface area contributed by atoms with Crippen molar-refractivity contribution in [3.63, 3.8) is 0 Å². The fraction of sp³-hybridized carbons (Fsp3) is 0.263. The molecule has 0 bridgehead atoms. The lowest BCUT2D eigenvalue weighted by Crippen LogP contribution is -2.11. The fourth-order valence-electron chi connectivity index (χ4n) is 3.31. The maximum atomic E-state index is 12.7. The number of fused-ring (bicyclic) bond motifs is 2. The molecule has 4 rings (SSSR count). The monoisotopic (exact) mass is 384 g/mol. The van der Waals surface area contributed by atoms with Crippen LogP contribution < -0.4 is 16.2 Å². The Morgan fingerprint density at radius 2 is 1.92 bits per heavy atom. The third-order valence-corrected chi connectivity index (χ3v) is 6.36. The summed E-state index contributed by atoms with van der Waals surface area (Å²) in [6, 6.07) is 9.54. The number of thiophene rings is 1. The first-order valence-electron chi connectivity index (χ1n) is 8.64. The Morgan fingerprint density at radius 3 is 2.69 bits per heavy atom. The number of nitrogens with one attached hydrogen (secondary N) is 1. The summed E-state index contributed by atoms with van der Waals surface area (Å²) in [6.45, 7) is 0. The summed E-state index contributed by atoms with van der Waals surface area (Å²) < 4.78 is 0. The Hall–Kier alpha value is -2.09. The molecule has 1 aromatic carbocycles. The number of nitrogens with two attached hydrogens (primary N) is 2. The number of carbonyl (C=O) groups excluding carboxylic acids is 1. The number of hydrogen-bond donors (Lipinski definition) is 3. The Labute approximate surface area is 160 Å². The number of benzene rings is 1. The highest BCUT2D eigenvalue weighted by atomic mass is 32.2. The second kappa shape index (κ2) is 7.26. The average molecular weight is 385 g/mol. The van der Waals surface area contributed by atoms with E-state index < -0.39 is 0 Å². The van der Waals surface area contributed by atoms with Crippen molar-refractivity contribution in [2.24, 2.45) is 5.14 Å². The van der Waals surface area contributed by atoms with Gasteiger partial charge in [0.1, 0.15) is 9.71 Å². The van der Waals surface area contributed by atoms with Crippen LogP contribution in [0.1, 0.15) is 40.2 Å². The normalized spacial score (nSPS) is 14.0. The maximum Gasteiger partial charge on any atom is 0.267 e. The number of carbonyl (C=O) groups is 1. The van der Waals surface area contributed by atoms with Crippen molar-refractivity contribution in [2.75, 3.05) is 11.1 Å². The van der Waals surface area contributed by atoms with Gasteiger partial charge in [-0.3, -0.25) is 9.93 Å². The van der Waals surface area contributed by atoms with E-state index in [2.05, 4.69) is 11.4 Å². The third kappa shape index (κ3) is 3.30. The van der Waals surface area contributed by atoms with Gasteiger partial charge >= 0.3 is 0 Å². The minimum absolute atomic E-state index is 0.200. The molecular weight excluding hydrogens is 364 g/mol. The van der Waals surface area contributed by atoms with Crippen LogP contribution in [0.4, 0.5) is 11.4 Å². The molecule has 0 aliphatic heterocycles. The summed E-state index contributed by atoms with van der Waals surface area (Å²) >= 11 is 2.54. The van der Waals surface area contributed by atoms with Gasteiger partial charge in [-0.05, 0) is 73.5 Å². The lowest BCUT2D eigenvalue weighted by Gasteiger charge is -2.05. The molecule has 26 heavy (non-hydrogen) atoms. The highest BCUT2D eigenvalue weighted by Gasteiger charge is 2.20. The summed E-state index contributed by atoms with van der Waals surface area (Å²) in [5.74, 6) is -0.200. The van der Waals surface area contributed by atoms with Crippen LogP contribution in [0.15, 0.2) is 35.2 Å². The molecule has 0 unspecified atom stereocenters. The van der Waals surface area contributed by atoms with E-state index in [4.69, 9.17) is 15.9 Å². The molecule has 5 N–H and O–H groups in total. The molecule has 0 saturated heterocycles. The molecular formula is C19H20N4OS2. The molecule has 0 fully saturated rings. The highest BCUT2D eigenvalue weighted by Crippen LogP contribution is 2.35. The molecule has 0 saturated carbocycles. The van der Waals surface area contributed by atoms with Crippen molar-refractivity contribution >= 4 is 50.8 Å². The van der Waals surface area contributed by atoms with Gasteiger partial charge in [0, 0.05) is 21.7 Å². The van der Waals surface area contributed by atoms with E-state index >= 15 is 0 Å². The van der Waals surface area contributed by atoms with E-state index in [0.29, 0.717) is 16.3 Å². The summed E-state index contributed by atoms with van der Waals surface area (Å²) in [5, 5.41) is 9.33. The first kappa shape index (κ1) is 17.3. The zero-order chi connectivity index (χ0) is 18.1. The first-order chi connectivity index (χ1) is 12.7. The Morgan fingerprint density at radius 1 is 1.15 bits per heavy atom. The Bertz CT molecular complexity index is 966. The number of hydrogen-bond acceptors (Lipinski definition) is 6. The van der Waals surface area contributed by atoms with Crippen LogP contribution >= 0.6 is 23.3 Å². The minimum Gasteiger partial charge on any atom is -0.397 e. The minimum atomic E-state index is -0.200. The summed E-state index contributed by atoms with van der Waals surface area (Å²) in [6.07, 6.45) is 5.66. The summed E-state index contributed by atoms with van der Waals surface area (Å²) in [7, 11) is 0. The van der Waals surface area contributed by atoms with Crippen LogP contribution in [0.3, 0.4) is 0 Å². The van der Waals surface area contributed by atoms with Gasteiger partial charge in [0.2, 0.25) is 0 Å². The van der Waals surface area contributed by atoms with Gasteiger partial charge in [-0.2, -0.15) is 0 Å². The molecule has 0 spiro atoms. The summed E-state index contributed by atoms with van der Waals surface area (Å²) in [4.78, 5) is 19.8. The molecule has 1 amide bonds. The van der Waals surface area contributed by atoms with E-state index in [1.807, 2.05) is 24.3 Å². The third-order valence-electron chi connectivity index (χ3n) is 4.70. The maximum absolute atomic E-state index is 12.7. The SMILES string of the molecule is NSc1ccc(NC(=O)c2sc3nc4c(cc3c2N)CCCCC4)cc1. The molecule has 0 radical (unpaired) electrons. The fourth-order valence-corrected chi connectivity index (χ4v) is 4.59. The lowest BCUT2D eigenvalue weighted by molar-refractivity contribution is 0.103. The molecule has 3 aromatic rings. The quantitative estimate of drug-likeness (QED) is 0.461. The van der Waals surface area contributed by atoms with Gasteiger partial charge in [0.05, 0.1) is 5.69 Å². The molecule has 5 nitrogen and oxygen atoms in total. The van der Waals surface area contributed by atoms with Gasteiger partial charge in [0.25, 0.3) is 5.91 Å². The van der Waals surface area contributed by atoms with Crippen molar-refractivity contribution in [2.45, 2.75) is 37.0 Å². The van der Waals surface area contributed by atoms with Crippen molar-refractivity contribution in [1.82, 2.24) is 4.98 Å². The largest absolute Gasteiger partial charge is 0.397 e. The number of amides is 1. The average Bonchev–Trinajstić information content (AvgIpc) is 2.82. The number of aromatic nitrogens is 1. The van der Waals surface area contributed by atoms with Gasteiger partial charge in [-0.25, -0.2) is 4.98 Å². The number of pyridine rings is 1. The predicted octanol–water partition coefficient (Wildman–Crippen LogP) is 4.37. The number of nitrogen functional groups attached to an aromatic ring is 1. The Kier molecular flexibility index (Phi) is 4.84. The van der Waals surface area contributed by atoms with Crippen LogP contribution in [-0.2, 0) is 12.8 Å². The van der Waals surface area contributed by atoms with E-state index in [-0.39, 0.29) is 5.91 Å². The second-order valence-corrected chi connectivity index (χ2v) is 8.15. The number of anilines is 2. The van der Waals surface area contributed by atoms with E-state index in [0.717, 1.165) is 33.6 Å². The number of rotatable bonds is 3. The standard InChI is InChI=1S/C19H20N4OS2/c20-16-14-10-11-4-2-1-3-5-15(11)23-19(14)25-17(16)18(24)22-12-6-8-13(26-21)9-7-12/h6-10H,1-5,20-21H2,(H,22,24). The topological polar surface area (TPSA) is 94.0 Å². The van der Waals surface area contributed by atoms with Crippen molar-refractivity contribution < 1.29 is 4.79 Å². The van der Waals surface area contributed by atoms with Crippen molar-refractivity contribution in [1.29, 1.82) is 0 Å². The smallest absolute Gasteiger partial charge is 0.267 e. The van der Waals surface area contributed by atoms with Crippen LogP contribution in [0.25, 0.3) is 10.2 Å². The van der Waals surface area contributed by atoms with E-state index in [9.17, 15) is 4.79 Å². The number of nitrogens with zero attached hydrogens (tertiary/aromatic N) is 1. The van der Waals surface area contributed by atoms with Crippen LogP contribution in [-0.4, -0.2) is 10.9 Å². The molecule has 1 aliphatic rings. The van der Waals surface area contributed by atoms with Crippen LogP contribution in [0.5, 0.6) is 0 Å². The van der Waals surface area contributed by atoms with Crippen molar-refractivity contribution in [3.8, 4) is 0 Å². The molecule has 2 heterocycles. The van der Waals surface area contributed by atoms with E-state index in [1.165, 1.54) is 48.1 Å². The highest BCUT2D eigenvalue weighted by molar-refractivity contribution is 7.97. The van der Waals surface area contributed by atoms with Gasteiger partial charge in [-0.1, -0.05) is 6.42 Å². The van der Waals surface area contributed by atoms with Crippen LogP contribution in [0.2, 0.25) is 0 Å².